The van der Waals surface area contributed by atoms with Crippen LogP contribution in [-0.4, -0.2) is 33.9 Å². The van der Waals surface area contributed by atoms with Gasteiger partial charge in [-0.05, 0) is 25.1 Å². The standard InChI is InChI=1S/C18H26O4Si/c1-6-23(7-2,8-3)17-11-9-16(10-12-17)18(19)22-21-14-13-15(4)20-5/h6-7,9-12,15H,1-2,8,13-14H2,3-5H3. The molecular weight excluding hydrogens is 308 g/mol. The number of hydrogen-bond acceptors (Lipinski definition) is 4. The van der Waals surface area contributed by atoms with E-state index in [9.17, 15) is 4.79 Å². The second-order valence-electron chi connectivity index (χ2n) is 5.41. The summed E-state index contributed by atoms with van der Waals surface area (Å²) in [6.45, 7) is 12.3. The van der Waals surface area contributed by atoms with Gasteiger partial charge in [-0.1, -0.05) is 35.6 Å². The van der Waals surface area contributed by atoms with Crippen LogP contribution in [0.3, 0.4) is 0 Å². The highest BCUT2D eigenvalue weighted by atomic mass is 28.3. The van der Waals surface area contributed by atoms with Crippen LogP contribution < -0.4 is 5.19 Å². The smallest absolute Gasteiger partial charge is 0.373 e. The lowest BCUT2D eigenvalue weighted by Gasteiger charge is -2.23. The summed E-state index contributed by atoms with van der Waals surface area (Å²) in [4.78, 5) is 21.7. The zero-order valence-corrected chi connectivity index (χ0v) is 15.2. The Morgan fingerprint density at radius 1 is 1.26 bits per heavy atom. The van der Waals surface area contributed by atoms with E-state index in [1.54, 1.807) is 19.2 Å². The summed E-state index contributed by atoms with van der Waals surface area (Å²) in [7, 11) is -0.239. The van der Waals surface area contributed by atoms with Gasteiger partial charge in [0.05, 0.1) is 18.3 Å². The second-order valence-corrected chi connectivity index (χ2v) is 9.59. The van der Waals surface area contributed by atoms with Crippen LogP contribution in [0.15, 0.2) is 48.8 Å². The molecular formula is C18H26O4Si. The molecule has 0 aromatic heterocycles. The summed E-state index contributed by atoms with van der Waals surface area (Å²) in [6, 6.07) is 8.39. The highest BCUT2D eigenvalue weighted by Gasteiger charge is 2.26. The molecule has 0 saturated carbocycles. The number of hydrogen-bond donors (Lipinski definition) is 0. The van der Waals surface area contributed by atoms with E-state index in [0.717, 1.165) is 6.04 Å². The van der Waals surface area contributed by atoms with Gasteiger partial charge >= 0.3 is 5.97 Å². The minimum Gasteiger partial charge on any atom is -0.382 e. The number of benzene rings is 1. The van der Waals surface area contributed by atoms with E-state index in [2.05, 4.69) is 20.1 Å². The van der Waals surface area contributed by atoms with Crippen molar-refractivity contribution in [2.75, 3.05) is 13.7 Å². The van der Waals surface area contributed by atoms with E-state index in [1.807, 2.05) is 30.5 Å². The fourth-order valence-corrected chi connectivity index (χ4v) is 4.61. The van der Waals surface area contributed by atoms with E-state index in [4.69, 9.17) is 14.5 Å². The summed E-state index contributed by atoms with van der Waals surface area (Å²) < 4.78 is 5.09. The predicted octanol–water partition coefficient (Wildman–Crippen LogP) is 3.33. The van der Waals surface area contributed by atoms with E-state index in [1.165, 1.54) is 5.19 Å². The molecule has 0 aliphatic rings. The Labute approximate surface area is 139 Å². The maximum atomic E-state index is 11.9. The molecule has 0 fully saturated rings. The third kappa shape index (κ3) is 5.16. The van der Waals surface area contributed by atoms with Crippen LogP contribution in [0.4, 0.5) is 0 Å². The van der Waals surface area contributed by atoms with E-state index in [-0.39, 0.29) is 6.10 Å². The molecule has 0 bridgehead atoms. The van der Waals surface area contributed by atoms with Gasteiger partial charge in [0.15, 0.2) is 0 Å². The third-order valence-corrected chi connectivity index (χ3v) is 8.15. The lowest BCUT2D eigenvalue weighted by molar-refractivity contribution is -0.244. The lowest BCUT2D eigenvalue weighted by Crippen LogP contribution is -2.43. The van der Waals surface area contributed by atoms with Crippen molar-refractivity contribution >= 4 is 19.2 Å². The van der Waals surface area contributed by atoms with Crippen molar-refractivity contribution in [3.63, 3.8) is 0 Å². The molecule has 5 heteroatoms. The molecule has 0 amide bonds. The van der Waals surface area contributed by atoms with Crippen LogP contribution in [-0.2, 0) is 14.5 Å². The molecule has 0 aliphatic heterocycles. The minimum atomic E-state index is -1.87. The van der Waals surface area contributed by atoms with Crippen molar-refractivity contribution in [2.45, 2.75) is 32.4 Å². The first-order valence-corrected chi connectivity index (χ1v) is 10.1. The monoisotopic (exact) mass is 334 g/mol. The Kier molecular flexibility index (Phi) is 7.95. The van der Waals surface area contributed by atoms with Crippen molar-refractivity contribution in [1.29, 1.82) is 0 Å². The molecule has 0 spiro atoms. The molecule has 126 valence electrons. The maximum Gasteiger partial charge on any atom is 0.373 e. The Balaban J connectivity index is 2.64. The minimum absolute atomic E-state index is 0.0675. The average Bonchev–Trinajstić information content (AvgIpc) is 2.60. The van der Waals surface area contributed by atoms with Crippen molar-refractivity contribution in [3.8, 4) is 0 Å². The average molecular weight is 334 g/mol. The molecule has 1 aromatic rings. The number of rotatable bonds is 10. The predicted molar refractivity (Wildman–Crippen MR) is 95.2 cm³/mol. The van der Waals surface area contributed by atoms with Gasteiger partial charge in [0, 0.05) is 13.5 Å². The zero-order chi connectivity index (χ0) is 17.3. The molecule has 1 unspecified atom stereocenters. The van der Waals surface area contributed by atoms with Crippen molar-refractivity contribution in [3.05, 3.63) is 54.4 Å². The van der Waals surface area contributed by atoms with Gasteiger partial charge in [-0.3, -0.25) is 4.89 Å². The molecule has 1 atom stereocenters. The summed E-state index contributed by atoms with van der Waals surface area (Å²) in [5.74, 6) is -0.498. The summed E-state index contributed by atoms with van der Waals surface area (Å²) >= 11 is 0. The SMILES string of the molecule is C=C[Si](C=C)(CC)c1ccc(C(=O)OOCCC(C)OC)cc1. The van der Waals surface area contributed by atoms with Crippen LogP contribution in [0.2, 0.25) is 6.04 Å². The first-order chi connectivity index (χ1) is 11.0. The first kappa shape index (κ1) is 19.4. The number of carbonyl (C=O) groups excluding carboxylic acids is 1. The highest BCUT2D eigenvalue weighted by Crippen LogP contribution is 2.13. The van der Waals surface area contributed by atoms with Crippen LogP contribution >= 0.6 is 0 Å². The van der Waals surface area contributed by atoms with Gasteiger partial charge < -0.3 is 4.74 Å². The van der Waals surface area contributed by atoms with Crippen molar-refractivity contribution < 1.29 is 19.3 Å². The normalized spacial score (nSPS) is 12.5. The first-order valence-electron chi connectivity index (χ1n) is 7.77. The third-order valence-electron chi connectivity index (χ3n) is 4.12. The summed E-state index contributed by atoms with van der Waals surface area (Å²) in [5, 5.41) is 1.18. The molecule has 23 heavy (non-hydrogen) atoms. The Hall–Kier alpha value is -1.69. The van der Waals surface area contributed by atoms with Gasteiger partial charge in [-0.25, -0.2) is 4.79 Å². The highest BCUT2D eigenvalue weighted by molar-refractivity contribution is 6.99. The molecule has 0 aliphatic carbocycles. The van der Waals surface area contributed by atoms with Crippen LogP contribution in [0.1, 0.15) is 30.6 Å². The van der Waals surface area contributed by atoms with Crippen LogP contribution in [0.5, 0.6) is 0 Å². The molecule has 0 heterocycles. The zero-order valence-electron chi connectivity index (χ0n) is 14.2. The Morgan fingerprint density at radius 2 is 1.87 bits per heavy atom. The molecule has 4 nitrogen and oxygen atoms in total. The molecule has 1 aromatic carbocycles. The topological polar surface area (TPSA) is 44.8 Å². The fraction of sp³-hybridized carbons (Fsp3) is 0.389. The molecule has 0 saturated heterocycles. The summed E-state index contributed by atoms with van der Waals surface area (Å²) in [6.07, 6.45) is 0.726. The van der Waals surface area contributed by atoms with E-state index < -0.39 is 14.0 Å². The van der Waals surface area contributed by atoms with Crippen LogP contribution in [0, 0.1) is 0 Å². The van der Waals surface area contributed by atoms with Gasteiger partial charge in [-0.15, -0.1) is 13.2 Å². The fourth-order valence-electron chi connectivity index (χ4n) is 2.20. The molecule has 0 N–H and O–H groups in total. The quantitative estimate of drug-likeness (QED) is 0.285. The summed E-state index contributed by atoms with van der Waals surface area (Å²) in [5.41, 5.74) is 4.47. The Morgan fingerprint density at radius 3 is 2.35 bits per heavy atom. The van der Waals surface area contributed by atoms with Crippen molar-refractivity contribution in [1.82, 2.24) is 0 Å². The van der Waals surface area contributed by atoms with Gasteiger partial charge in [0.1, 0.15) is 8.07 Å². The van der Waals surface area contributed by atoms with Crippen LogP contribution in [0.25, 0.3) is 0 Å². The van der Waals surface area contributed by atoms with Gasteiger partial charge in [0.2, 0.25) is 0 Å². The second kappa shape index (κ2) is 9.45. The number of ether oxygens (including phenoxy) is 1. The number of carbonyl (C=O) groups is 1. The largest absolute Gasteiger partial charge is 0.382 e. The number of methoxy groups -OCH3 is 1. The molecule has 0 radical (unpaired) electrons. The van der Waals surface area contributed by atoms with E-state index >= 15 is 0 Å². The van der Waals surface area contributed by atoms with Crippen molar-refractivity contribution in [2.24, 2.45) is 0 Å². The lowest BCUT2D eigenvalue weighted by atomic mass is 10.2. The molecule has 1 rings (SSSR count). The van der Waals surface area contributed by atoms with E-state index in [0.29, 0.717) is 18.6 Å². The Bertz CT molecular complexity index is 516. The maximum absolute atomic E-state index is 11.9. The van der Waals surface area contributed by atoms with Gasteiger partial charge in [0.25, 0.3) is 0 Å². The van der Waals surface area contributed by atoms with Gasteiger partial charge in [-0.2, -0.15) is 4.89 Å².